The minimum absolute atomic E-state index is 0.0617. The second-order valence-electron chi connectivity index (χ2n) is 4.86. The summed E-state index contributed by atoms with van der Waals surface area (Å²) in [6, 6.07) is 7.15. The quantitative estimate of drug-likeness (QED) is 0.738. The largest absolute Gasteiger partial charge is 0.417 e. The van der Waals surface area contributed by atoms with E-state index in [4.69, 9.17) is 5.73 Å². The van der Waals surface area contributed by atoms with Gasteiger partial charge in [-0.1, -0.05) is 18.2 Å². The lowest BCUT2D eigenvalue weighted by atomic mass is 10.1. The van der Waals surface area contributed by atoms with Crippen molar-refractivity contribution in [2.45, 2.75) is 13.1 Å². The summed E-state index contributed by atoms with van der Waals surface area (Å²) in [5.74, 6) is 0. The zero-order valence-electron chi connectivity index (χ0n) is 11.1. The maximum absolute atomic E-state index is 13.1. The molecule has 3 aromatic rings. The van der Waals surface area contributed by atoms with Crippen molar-refractivity contribution in [3.8, 4) is 11.3 Å². The van der Waals surface area contributed by atoms with Crippen molar-refractivity contribution >= 4 is 11.3 Å². The van der Waals surface area contributed by atoms with E-state index >= 15 is 0 Å². The number of halogens is 3. The summed E-state index contributed by atoms with van der Waals surface area (Å²) in [6.07, 6.45) is -1.22. The SMILES string of the molecule is Cc1cc(N)cn2cc(-c3ccccc3C(F)(F)F)nc12. The minimum Gasteiger partial charge on any atom is -0.398 e. The average molecular weight is 291 g/mol. The van der Waals surface area contributed by atoms with Gasteiger partial charge in [-0.15, -0.1) is 0 Å². The first-order chi connectivity index (χ1) is 9.86. The van der Waals surface area contributed by atoms with E-state index in [9.17, 15) is 13.2 Å². The summed E-state index contributed by atoms with van der Waals surface area (Å²) >= 11 is 0. The van der Waals surface area contributed by atoms with Crippen LogP contribution in [0.2, 0.25) is 0 Å². The van der Waals surface area contributed by atoms with Gasteiger partial charge in [0, 0.05) is 23.6 Å². The summed E-state index contributed by atoms with van der Waals surface area (Å²) in [4.78, 5) is 4.31. The zero-order chi connectivity index (χ0) is 15.2. The number of hydrogen-bond acceptors (Lipinski definition) is 2. The Hall–Kier alpha value is -2.50. The number of aromatic nitrogens is 2. The monoisotopic (exact) mass is 291 g/mol. The molecule has 2 heterocycles. The number of nitrogens with zero attached hydrogens (tertiary/aromatic N) is 2. The Balaban J connectivity index is 2.25. The summed E-state index contributed by atoms with van der Waals surface area (Å²) in [5, 5.41) is 0. The Kier molecular flexibility index (Phi) is 2.90. The van der Waals surface area contributed by atoms with Crippen molar-refractivity contribution in [2.24, 2.45) is 0 Å². The summed E-state index contributed by atoms with van der Waals surface area (Å²) < 4.78 is 40.9. The first kappa shape index (κ1) is 13.5. The van der Waals surface area contributed by atoms with E-state index < -0.39 is 11.7 Å². The summed E-state index contributed by atoms with van der Waals surface area (Å²) in [5.41, 5.74) is 7.32. The van der Waals surface area contributed by atoms with Crippen LogP contribution < -0.4 is 5.73 Å². The summed E-state index contributed by atoms with van der Waals surface area (Å²) in [6.45, 7) is 1.82. The van der Waals surface area contributed by atoms with Crippen molar-refractivity contribution < 1.29 is 13.2 Å². The highest BCUT2D eigenvalue weighted by Gasteiger charge is 2.33. The van der Waals surface area contributed by atoms with Gasteiger partial charge in [0.25, 0.3) is 0 Å². The second kappa shape index (κ2) is 4.51. The number of nitrogen functional groups attached to an aromatic ring is 1. The van der Waals surface area contributed by atoms with Crippen molar-refractivity contribution in [1.29, 1.82) is 0 Å². The normalized spacial score (nSPS) is 12.0. The Bertz CT molecular complexity index is 819. The molecule has 2 aromatic heterocycles. The lowest BCUT2D eigenvalue weighted by molar-refractivity contribution is -0.137. The van der Waals surface area contributed by atoms with Crippen LogP contribution in [0, 0.1) is 6.92 Å². The van der Waals surface area contributed by atoms with Crippen LogP contribution in [0.5, 0.6) is 0 Å². The van der Waals surface area contributed by atoms with E-state index in [0.29, 0.717) is 11.3 Å². The molecule has 0 aliphatic heterocycles. The Morgan fingerprint density at radius 3 is 2.57 bits per heavy atom. The molecule has 0 saturated heterocycles. The molecule has 108 valence electrons. The van der Waals surface area contributed by atoms with E-state index in [0.717, 1.165) is 11.6 Å². The van der Waals surface area contributed by atoms with E-state index in [2.05, 4.69) is 4.98 Å². The van der Waals surface area contributed by atoms with Gasteiger partial charge in [0.2, 0.25) is 0 Å². The van der Waals surface area contributed by atoms with Crippen LogP contribution >= 0.6 is 0 Å². The molecule has 0 aliphatic carbocycles. The lowest BCUT2D eigenvalue weighted by Gasteiger charge is -2.10. The van der Waals surface area contributed by atoms with Gasteiger partial charge in [-0.05, 0) is 24.6 Å². The molecule has 0 unspecified atom stereocenters. The number of fused-ring (bicyclic) bond motifs is 1. The predicted octanol–water partition coefficient (Wildman–Crippen LogP) is 3.91. The molecular formula is C15H12F3N3. The molecule has 0 bridgehead atoms. The number of hydrogen-bond donors (Lipinski definition) is 1. The number of rotatable bonds is 1. The smallest absolute Gasteiger partial charge is 0.398 e. The van der Waals surface area contributed by atoms with Crippen LogP contribution in [0.25, 0.3) is 16.9 Å². The fraction of sp³-hybridized carbons (Fsp3) is 0.133. The third-order valence-electron chi connectivity index (χ3n) is 3.26. The van der Waals surface area contributed by atoms with Crippen LogP contribution in [-0.4, -0.2) is 9.38 Å². The molecule has 0 radical (unpaired) electrons. The molecular weight excluding hydrogens is 279 g/mol. The van der Waals surface area contributed by atoms with Gasteiger partial charge in [-0.2, -0.15) is 13.2 Å². The molecule has 21 heavy (non-hydrogen) atoms. The third kappa shape index (κ3) is 2.33. The summed E-state index contributed by atoms with van der Waals surface area (Å²) in [7, 11) is 0. The van der Waals surface area contributed by atoms with Crippen molar-refractivity contribution in [1.82, 2.24) is 9.38 Å². The lowest BCUT2D eigenvalue weighted by Crippen LogP contribution is -2.06. The maximum atomic E-state index is 13.1. The number of alkyl halides is 3. The zero-order valence-corrected chi connectivity index (χ0v) is 11.1. The first-order valence-corrected chi connectivity index (χ1v) is 6.27. The van der Waals surface area contributed by atoms with Gasteiger partial charge in [-0.3, -0.25) is 0 Å². The van der Waals surface area contributed by atoms with E-state index in [1.807, 2.05) is 6.92 Å². The Labute approximate surface area is 118 Å². The number of imidazole rings is 1. The van der Waals surface area contributed by atoms with Gasteiger partial charge in [0.1, 0.15) is 5.65 Å². The minimum atomic E-state index is -4.42. The highest BCUT2D eigenvalue weighted by atomic mass is 19.4. The van der Waals surface area contributed by atoms with Gasteiger partial charge in [0.15, 0.2) is 0 Å². The van der Waals surface area contributed by atoms with Crippen LogP contribution in [-0.2, 0) is 6.18 Å². The number of aryl methyl sites for hydroxylation is 1. The van der Waals surface area contributed by atoms with Crippen molar-refractivity contribution in [3.63, 3.8) is 0 Å². The standard InChI is InChI=1S/C15H12F3N3/c1-9-6-10(19)7-21-8-13(20-14(9)21)11-4-2-3-5-12(11)15(16,17)18/h2-8H,19H2,1H3. The molecule has 0 aliphatic rings. The highest BCUT2D eigenvalue weighted by Crippen LogP contribution is 2.36. The van der Waals surface area contributed by atoms with Crippen LogP contribution in [0.15, 0.2) is 42.7 Å². The predicted molar refractivity (Wildman–Crippen MR) is 74.8 cm³/mol. The Morgan fingerprint density at radius 2 is 1.86 bits per heavy atom. The van der Waals surface area contributed by atoms with Crippen LogP contribution in [0.3, 0.4) is 0 Å². The molecule has 0 saturated carbocycles. The van der Waals surface area contributed by atoms with Crippen molar-refractivity contribution in [2.75, 3.05) is 5.73 Å². The topological polar surface area (TPSA) is 43.3 Å². The number of nitrogens with two attached hydrogens (primary N) is 1. The van der Waals surface area contributed by atoms with E-state index in [1.165, 1.54) is 12.1 Å². The van der Waals surface area contributed by atoms with Gasteiger partial charge >= 0.3 is 6.18 Å². The van der Waals surface area contributed by atoms with Crippen LogP contribution in [0.4, 0.5) is 18.9 Å². The van der Waals surface area contributed by atoms with E-state index in [1.54, 1.807) is 28.9 Å². The fourth-order valence-electron chi connectivity index (χ4n) is 2.38. The average Bonchev–Trinajstić information content (AvgIpc) is 2.81. The fourth-order valence-corrected chi connectivity index (χ4v) is 2.38. The highest BCUT2D eigenvalue weighted by molar-refractivity contribution is 5.69. The van der Waals surface area contributed by atoms with Gasteiger partial charge < -0.3 is 10.1 Å². The molecule has 6 heteroatoms. The molecule has 0 spiro atoms. The Morgan fingerprint density at radius 1 is 1.14 bits per heavy atom. The molecule has 2 N–H and O–H groups in total. The molecule has 3 nitrogen and oxygen atoms in total. The second-order valence-corrected chi connectivity index (χ2v) is 4.86. The molecule has 0 atom stereocenters. The molecule has 3 rings (SSSR count). The van der Waals surface area contributed by atoms with Crippen LogP contribution in [0.1, 0.15) is 11.1 Å². The number of anilines is 1. The molecule has 0 amide bonds. The number of pyridine rings is 1. The van der Waals surface area contributed by atoms with Crippen molar-refractivity contribution in [3.05, 3.63) is 53.9 Å². The third-order valence-corrected chi connectivity index (χ3v) is 3.26. The maximum Gasteiger partial charge on any atom is 0.417 e. The first-order valence-electron chi connectivity index (χ1n) is 6.27. The molecule has 1 aromatic carbocycles. The number of benzene rings is 1. The molecule has 0 fully saturated rings. The van der Waals surface area contributed by atoms with Gasteiger partial charge in [0.05, 0.1) is 11.3 Å². The van der Waals surface area contributed by atoms with E-state index in [-0.39, 0.29) is 11.3 Å². The van der Waals surface area contributed by atoms with Gasteiger partial charge in [-0.25, -0.2) is 4.98 Å².